The van der Waals surface area contributed by atoms with Crippen LogP contribution in [0.15, 0.2) is 72.8 Å². The van der Waals surface area contributed by atoms with E-state index in [0.29, 0.717) is 33.8 Å². The fourth-order valence-electron chi connectivity index (χ4n) is 6.47. The van der Waals surface area contributed by atoms with Gasteiger partial charge in [-0.1, -0.05) is 88.9 Å². The van der Waals surface area contributed by atoms with Gasteiger partial charge in [0.2, 0.25) is 0 Å². The Balaban J connectivity index is 0.00000480. The number of quaternary nitrogens is 1. The average Bonchev–Trinajstić information content (AvgIpc) is 3.38. The Kier molecular flexibility index (Phi) is 12.6. The number of carbonyl (C=O) groups is 1. The van der Waals surface area contributed by atoms with E-state index in [1.807, 2.05) is 23.1 Å². The van der Waals surface area contributed by atoms with Crippen LogP contribution < -0.4 is 21.7 Å². The van der Waals surface area contributed by atoms with Crippen LogP contribution in [-0.4, -0.2) is 48.6 Å². The smallest absolute Gasteiger partial charge is 0.265 e. The molecule has 244 valence electrons. The predicted molar refractivity (Wildman–Crippen MR) is 192 cm³/mol. The van der Waals surface area contributed by atoms with Gasteiger partial charge in [0.25, 0.3) is 5.91 Å². The number of nitrogens with zero attached hydrogens (tertiary/aromatic N) is 2. The lowest BCUT2D eigenvalue weighted by Gasteiger charge is -2.37. The Bertz CT molecular complexity index is 1800. The summed E-state index contributed by atoms with van der Waals surface area (Å²) < 4.78 is 7.22. The zero-order valence-corrected chi connectivity index (χ0v) is 31.3. The molecule has 4 aromatic carbocycles. The minimum atomic E-state index is -0.0636. The van der Waals surface area contributed by atoms with Crippen LogP contribution in [0.1, 0.15) is 58.6 Å². The molecule has 0 spiro atoms. The molecule has 0 bridgehead atoms. The maximum atomic E-state index is 14.3. The van der Waals surface area contributed by atoms with Crippen molar-refractivity contribution in [2.75, 3.05) is 33.3 Å². The third kappa shape index (κ3) is 8.08. The van der Waals surface area contributed by atoms with Crippen molar-refractivity contribution in [3.63, 3.8) is 0 Å². The number of carbonyl (C=O) groups excluding carboxylic acids is 1. The van der Waals surface area contributed by atoms with E-state index in [4.69, 9.17) is 27.9 Å². The Morgan fingerprint density at radius 2 is 1.54 bits per heavy atom. The standard InChI is InChI=1S/C38H43Cl2N2O2S.BrH/c1-6-42(7-2,25-29-21-26(3)20-27(4)22-29)19-11-10-18-41(24-28-14-15-30-12-8-9-13-31(30)23-28)38(43)37-34(39)32-16-17-33(44-5)35(40)36(32)45-37;/h8-9,12-17,20-23H,6-7,10-11,18-19,24-25H2,1-5H3;1H/q+1;/p-1. The van der Waals surface area contributed by atoms with Gasteiger partial charge in [0.15, 0.2) is 0 Å². The van der Waals surface area contributed by atoms with Crippen LogP contribution in [0.5, 0.6) is 5.75 Å². The van der Waals surface area contributed by atoms with E-state index in [9.17, 15) is 4.79 Å². The number of ether oxygens (including phenoxy) is 1. The van der Waals surface area contributed by atoms with Gasteiger partial charge in [-0.25, -0.2) is 0 Å². The SMILES string of the molecule is CC[N+](CC)(CCCCN(Cc1ccc2ccccc2c1)C(=O)c1sc2c(Cl)c(OC)ccc2c1Cl)Cc1cc(C)cc(C)c1.[Br-]. The van der Waals surface area contributed by atoms with E-state index in [-0.39, 0.29) is 22.9 Å². The van der Waals surface area contributed by atoms with E-state index in [2.05, 4.69) is 76.2 Å². The lowest BCUT2D eigenvalue weighted by Crippen LogP contribution is -3.00. The van der Waals surface area contributed by atoms with Gasteiger partial charge in [-0.15, -0.1) is 11.3 Å². The molecule has 0 aliphatic heterocycles. The minimum Gasteiger partial charge on any atom is -1.00 e. The van der Waals surface area contributed by atoms with Gasteiger partial charge in [0.05, 0.1) is 36.5 Å². The summed E-state index contributed by atoms with van der Waals surface area (Å²) in [6.07, 6.45) is 1.93. The van der Waals surface area contributed by atoms with E-state index in [0.717, 1.165) is 59.2 Å². The summed E-state index contributed by atoms with van der Waals surface area (Å²) in [5, 5.41) is 4.07. The van der Waals surface area contributed by atoms with Crippen LogP contribution >= 0.6 is 34.5 Å². The van der Waals surface area contributed by atoms with Gasteiger partial charge < -0.3 is 31.1 Å². The number of thiophene rings is 1. The zero-order chi connectivity index (χ0) is 32.1. The second-order valence-electron chi connectivity index (χ2n) is 12.2. The summed E-state index contributed by atoms with van der Waals surface area (Å²) in [4.78, 5) is 16.7. The first-order valence-electron chi connectivity index (χ1n) is 15.8. The van der Waals surface area contributed by atoms with Crippen molar-refractivity contribution >= 4 is 61.3 Å². The highest BCUT2D eigenvalue weighted by Gasteiger charge is 2.27. The Morgan fingerprint density at radius 1 is 0.848 bits per heavy atom. The molecular weight excluding hydrogens is 699 g/mol. The number of hydrogen-bond acceptors (Lipinski definition) is 3. The molecule has 0 saturated heterocycles. The number of unbranched alkanes of at least 4 members (excludes halogenated alkanes) is 1. The second-order valence-corrected chi connectivity index (χ2v) is 13.9. The van der Waals surface area contributed by atoms with Crippen LogP contribution in [-0.2, 0) is 13.1 Å². The molecule has 1 heterocycles. The summed E-state index contributed by atoms with van der Waals surface area (Å²) in [6.45, 7) is 14.3. The molecule has 0 fully saturated rings. The van der Waals surface area contributed by atoms with Crippen LogP contribution in [0.2, 0.25) is 10.0 Å². The molecule has 46 heavy (non-hydrogen) atoms. The Morgan fingerprint density at radius 3 is 2.22 bits per heavy atom. The van der Waals surface area contributed by atoms with E-state index >= 15 is 0 Å². The summed E-state index contributed by atoms with van der Waals surface area (Å²) in [6, 6.07) is 25.3. The normalized spacial score (nSPS) is 11.5. The van der Waals surface area contributed by atoms with Gasteiger partial charge in [0.1, 0.15) is 22.2 Å². The highest BCUT2D eigenvalue weighted by atomic mass is 79.9. The molecule has 0 atom stereocenters. The number of aryl methyl sites for hydroxylation is 2. The van der Waals surface area contributed by atoms with Crippen LogP contribution in [0.25, 0.3) is 20.9 Å². The zero-order valence-electron chi connectivity index (χ0n) is 27.3. The molecule has 0 N–H and O–H groups in total. The molecule has 1 aromatic heterocycles. The number of benzene rings is 4. The molecule has 0 aliphatic rings. The van der Waals surface area contributed by atoms with Crippen molar-refractivity contribution in [1.29, 1.82) is 0 Å². The van der Waals surface area contributed by atoms with Crippen LogP contribution in [0.4, 0.5) is 0 Å². The van der Waals surface area contributed by atoms with Crippen molar-refractivity contribution in [3.8, 4) is 5.75 Å². The predicted octanol–water partition coefficient (Wildman–Crippen LogP) is 7.47. The summed E-state index contributed by atoms with van der Waals surface area (Å²) in [7, 11) is 1.59. The average molecular weight is 743 g/mol. The second kappa shape index (κ2) is 16.0. The van der Waals surface area contributed by atoms with Gasteiger partial charge in [-0.2, -0.15) is 0 Å². The quantitative estimate of drug-likeness (QED) is 0.0927. The van der Waals surface area contributed by atoms with Crippen molar-refractivity contribution in [2.45, 2.75) is 53.6 Å². The third-order valence-corrected chi connectivity index (χ3v) is 11.2. The maximum absolute atomic E-state index is 14.3. The van der Waals surface area contributed by atoms with E-state index in [1.165, 1.54) is 38.8 Å². The third-order valence-electron chi connectivity index (χ3n) is 9.04. The first kappa shape index (κ1) is 36.2. The summed E-state index contributed by atoms with van der Waals surface area (Å²) in [5.74, 6) is 0.509. The molecule has 5 rings (SSSR count). The lowest BCUT2D eigenvalue weighted by atomic mass is 10.1. The summed E-state index contributed by atoms with van der Waals surface area (Å²) >= 11 is 14.9. The molecule has 0 unspecified atom stereocenters. The molecule has 0 radical (unpaired) electrons. The lowest BCUT2D eigenvalue weighted by molar-refractivity contribution is -0.938. The number of methoxy groups -OCH3 is 1. The Labute approximate surface area is 298 Å². The molecular formula is C38H43BrCl2N2O2S. The fourth-order valence-corrected chi connectivity index (χ4v) is 8.33. The number of rotatable bonds is 13. The monoisotopic (exact) mass is 740 g/mol. The molecule has 8 heteroatoms. The van der Waals surface area contributed by atoms with Crippen molar-refractivity contribution < 1.29 is 31.0 Å². The molecule has 1 amide bonds. The van der Waals surface area contributed by atoms with Crippen LogP contribution in [0.3, 0.4) is 0 Å². The van der Waals surface area contributed by atoms with Gasteiger partial charge in [-0.3, -0.25) is 4.79 Å². The van der Waals surface area contributed by atoms with Crippen molar-refractivity contribution in [1.82, 2.24) is 4.90 Å². The fraction of sp³-hybridized carbons (Fsp3) is 0.342. The van der Waals surface area contributed by atoms with E-state index in [1.54, 1.807) is 13.2 Å². The highest BCUT2D eigenvalue weighted by molar-refractivity contribution is 7.22. The molecule has 4 nitrogen and oxygen atoms in total. The minimum absolute atomic E-state index is 0. The first-order valence-corrected chi connectivity index (χ1v) is 17.4. The highest BCUT2D eigenvalue weighted by Crippen LogP contribution is 2.43. The molecule has 0 aliphatic carbocycles. The number of halogens is 3. The number of amides is 1. The van der Waals surface area contributed by atoms with Gasteiger partial charge in [-0.05, 0) is 75.1 Å². The first-order chi connectivity index (χ1) is 21.7. The van der Waals surface area contributed by atoms with Gasteiger partial charge >= 0.3 is 0 Å². The maximum Gasteiger partial charge on any atom is 0.265 e. The number of fused-ring (bicyclic) bond motifs is 2. The van der Waals surface area contributed by atoms with Crippen LogP contribution in [0, 0.1) is 13.8 Å². The number of hydrogen-bond donors (Lipinski definition) is 0. The van der Waals surface area contributed by atoms with Gasteiger partial charge in [0, 0.05) is 24.0 Å². The molecule has 0 saturated carbocycles. The largest absolute Gasteiger partial charge is 1.00 e. The summed E-state index contributed by atoms with van der Waals surface area (Å²) in [5.41, 5.74) is 5.13. The Hall–Kier alpha value is -2.61. The molecule has 5 aromatic rings. The topological polar surface area (TPSA) is 29.5 Å². The van der Waals surface area contributed by atoms with E-state index < -0.39 is 0 Å². The van der Waals surface area contributed by atoms with Crippen molar-refractivity contribution in [2.24, 2.45) is 0 Å². The van der Waals surface area contributed by atoms with Crippen molar-refractivity contribution in [3.05, 3.63) is 110 Å².